The first-order valence-corrected chi connectivity index (χ1v) is 7.37. The minimum Gasteiger partial charge on any atom is -0.480 e. The maximum absolute atomic E-state index is 12.5. The number of hydrogen-bond donors (Lipinski definition) is 1. The molecule has 7 heteroatoms. The predicted molar refractivity (Wildman–Crippen MR) is 87.8 cm³/mol. The summed E-state index contributed by atoms with van der Waals surface area (Å²) in [5, 5.41) is 13.3. The Balaban J connectivity index is 2.32. The molecular weight excluding hydrogens is 310 g/mol. The summed E-state index contributed by atoms with van der Waals surface area (Å²) >= 11 is 0. The van der Waals surface area contributed by atoms with Crippen LogP contribution in [0, 0.1) is 0 Å². The van der Waals surface area contributed by atoms with E-state index in [9.17, 15) is 19.5 Å². The number of benzene rings is 1. The Morgan fingerprint density at radius 2 is 1.79 bits per heavy atom. The van der Waals surface area contributed by atoms with Gasteiger partial charge in [-0.1, -0.05) is 30.3 Å². The Labute approximate surface area is 139 Å². The number of aromatic nitrogens is 2. The van der Waals surface area contributed by atoms with Gasteiger partial charge in [-0.3, -0.25) is 9.59 Å². The van der Waals surface area contributed by atoms with Gasteiger partial charge in [-0.2, -0.15) is 5.10 Å². The van der Waals surface area contributed by atoms with Crippen LogP contribution in [0.5, 0.6) is 0 Å². The van der Waals surface area contributed by atoms with Crippen LogP contribution in [0.3, 0.4) is 0 Å². The van der Waals surface area contributed by atoms with Crippen LogP contribution in [-0.2, 0) is 11.3 Å². The molecule has 1 N–H and O–H groups in total. The van der Waals surface area contributed by atoms with Crippen LogP contribution >= 0.6 is 0 Å². The van der Waals surface area contributed by atoms with Gasteiger partial charge in [0.2, 0.25) is 0 Å². The molecule has 0 bridgehead atoms. The molecular formula is C17H19N3O4. The molecule has 1 aromatic heterocycles. The van der Waals surface area contributed by atoms with Gasteiger partial charge in [0.1, 0.15) is 11.2 Å². The van der Waals surface area contributed by atoms with E-state index in [1.165, 1.54) is 37.7 Å². The fourth-order valence-corrected chi connectivity index (χ4v) is 2.00. The molecule has 24 heavy (non-hydrogen) atoms. The van der Waals surface area contributed by atoms with E-state index in [-0.39, 0.29) is 17.8 Å². The Bertz CT molecular complexity index is 812. The van der Waals surface area contributed by atoms with Gasteiger partial charge in [0.05, 0.1) is 6.54 Å². The van der Waals surface area contributed by atoms with Crippen molar-refractivity contribution in [3.05, 3.63) is 64.1 Å². The molecule has 2 aromatic rings. The van der Waals surface area contributed by atoms with E-state index in [1.807, 2.05) is 30.3 Å². The van der Waals surface area contributed by atoms with Crippen LogP contribution < -0.4 is 5.56 Å². The molecule has 0 atom stereocenters. The maximum Gasteiger partial charge on any atom is 0.329 e. The van der Waals surface area contributed by atoms with Crippen LogP contribution in [0.1, 0.15) is 29.9 Å². The normalized spacial score (nSPS) is 11.1. The summed E-state index contributed by atoms with van der Waals surface area (Å²) in [4.78, 5) is 36.8. The zero-order valence-corrected chi connectivity index (χ0v) is 13.8. The molecule has 1 aromatic carbocycles. The third-order valence-corrected chi connectivity index (χ3v) is 3.93. The second-order valence-corrected chi connectivity index (χ2v) is 5.93. The lowest BCUT2D eigenvalue weighted by Crippen LogP contribution is -2.51. The van der Waals surface area contributed by atoms with Crippen molar-refractivity contribution in [3.8, 4) is 0 Å². The first-order chi connectivity index (χ1) is 11.2. The van der Waals surface area contributed by atoms with E-state index in [4.69, 9.17) is 0 Å². The van der Waals surface area contributed by atoms with Gasteiger partial charge in [0, 0.05) is 13.1 Å². The molecule has 0 fully saturated rings. The number of rotatable bonds is 5. The van der Waals surface area contributed by atoms with Crippen LogP contribution in [0.15, 0.2) is 47.3 Å². The molecule has 0 unspecified atom stereocenters. The molecule has 0 aliphatic heterocycles. The summed E-state index contributed by atoms with van der Waals surface area (Å²) in [7, 11) is 1.39. The number of carbonyl (C=O) groups excluding carboxylic acids is 1. The highest BCUT2D eigenvalue weighted by Crippen LogP contribution is 2.15. The number of nitrogens with zero attached hydrogens (tertiary/aromatic N) is 3. The van der Waals surface area contributed by atoms with Crippen molar-refractivity contribution in [1.29, 1.82) is 0 Å². The number of carboxylic acids is 1. The average molecular weight is 329 g/mol. The summed E-state index contributed by atoms with van der Waals surface area (Å²) in [5.74, 6) is -1.69. The van der Waals surface area contributed by atoms with E-state index in [2.05, 4.69) is 5.10 Å². The lowest BCUT2D eigenvalue weighted by atomic mass is 10.0. The third-order valence-electron chi connectivity index (χ3n) is 3.93. The zero-order chi connectivity index (χ0) is 17.9. The molecule has 0 radical (unpaired) electrons. The largest absolute Gasteiger partial charge is 0.480 e. The van der Waals surface area contributed by atoms with Crippen LogP contribution in [0.2, 0.25) is 0 Å². The van der Waals surface area contributed by atoms with Gasteiger partial charge >= 0.3 is 5.97 Å². The first kappa shape index (κ1) is 17.4. The SMILES string of the molecule is CN(C(=O)c1ccc(=O)n(Cc2ccccc2)n1)C(C)(C)C(=O)O. The topological polar surface area (TPSA) is 92.5 Å². The van der Waals surface area contributed by atoms with Crippen LogP contribution in [-0.4, -0.2) is 44.3 Å². The van der Waals surface area contributed by atoms with Gasteiger partial charge in [0.15, 0.2) is 0 Å². The number of carbonyl (C=O) groups is 2. The van der Waals surface area contributed by atoms with Crippen LogP contribution in [0.4, 0.5) is 0 Å². The van der Waals surface area contributed by atoms with Crippen molar-refractivity contribution < 1.29 is 14.7 Å². The number of likely N-dealkylation sites (N-methyl/N-ethyl adjacent to an activating group) is 1. The molecule has 1 heterocycles. The van der Waals surface area contributed by atoms with E-state index < -0.39 is 17.4 Å². The molecule has 2 rings (SSSR count). The maximum atomic E-state index is 12.5. The molecule has 7 nitrogen and oxygen atoms in total. The Hall–Kier alpha value is -2.96. The fraction of sp³-hybridized carbons (Fsp3) is 0.294. The highest BCUT2D eigenvalue weighted by Gasteiger charge is 2.36. The Morgan fingerprint density at radius 1 is 1.17 bits per heavy atom. The molecule has 0 aliphatic rings. The number of amides is 1. The summed E-state index contributed by atoms with van der Waals surface area (Å²) in [6.45, 7) is 3.08. The molecule has 1 amide bonds. The van der Waals surface area contributed by atoms with Gasteiger partial charge in [-0.25, -0.2) is 9.48 Å². The first-order valence-electron chi connectivity index (χ1n) is 7.37. The molecule has 0 aliphatic carbocycles. The van der Waals surface area contributed by atoms with Crippen molar-refractivity contribution in [3.63, 3.8) is 0 Å². The highest BCUT2D eigenvalue weighted by atomic mass is 16.4. The van der Waals surface area contributed by atoms with E-state index in [0.717, 1.165) is 10.5 Å². The summed E-state index contributed by atoms with van der Waals surface area (Å²) in [5.41, 5.74) is -0.840. The standard InChI is InChI=1S/C17H19N3O4/c1-17(2,16(23)24)19(3)15(22)13-9-10-14(21)20(18-13)11-12-7-5-4-6-8-12/h4-10H,11H2,1-3H3,(H,23,24). The van der Waals surface area contributed by atoms with Gasteiger partial charge < -0.3 is 10.0 Å². The smallest absolute Gasteiger partial charge is 0.329 e. The van der Waals surface area contributed by atoms with Crippen LogP contribution in [0.25, 0.3) is 0 Å². The molecule has 0 saturated heterocycles. The number of carboxylic acid groups (broad SMARTS) is 1. The second-order valence-electron chi connectivity index (χ2n) is 5.93. The van der Waals surface area contributed by atoms with E-state index in [1.54, 1.807) is 0 Å². The molecule has 0 saturated carbocycles. The van der Waals surface area contributed by atoms with Crippen molar-refractivity contribution in [2.24, 2.45) is 0 Å². The van der Waals surface area contributed by atoms with Crippen molar-refractivity contribution in [2.75, 3.05) is 7.05 Å². The zero-order valence-electron chi connectivity index (χ0n) is 13.8. The lowest BCUT2D eigenvalue weighted by Gasteiger charge is -2.31. The quantitative estimate of drug-likeness (QED) is 0.890. The Morgan fingerprint density at radius 3 is 2.38 bits per heavy atom. The highest BCUT2D eigenvalue weighted by molar-refractivity contribution is 5.95. The lowest BCUT2D eigenvalue weighted by molar-refractivity contribution is -0.147. The third kappa shape index (κ3) is 3.51. The molecule has 126 valence electrons. The van der Waals surface area contributed by atoms with Crippen molar-refractivity contribution in [1.82, 2.24) is 14.7 Å². The second kappa shape index (κ2) is 6.66. The number of aliphatic carboxylic acids is 1. The molecule has 0 spiro atoms. The number of hydrogen-bond acceptors (Lipinski definition) is 4. The minimum atomic E-state index is -1.39. The van der Waals surface area contributed by atoms with Gasteiger partial charge in [-0.15, -0.1) is 0 Å². The summed E-state index contributed by atoms with van der Waals surface area (Å²) in [6.07, 6.45) is 0. The fourth-order valence-electron chi connectivity index (χ4n) is 2.00. The van der Waals surface area contributed by atoms with Crippen molar-refractivity contribution in [2.45, 2.75) is 25.9 Å². The minimum absolute atomic E-state index is 0.0161. The monoisotopic (exact) mass is 329 g/mol. The van der Waals surface area contributed by atoms with Gasteiger partial charge in [-0.05, 0) is 25.5 Å². The summed E-state index contributed by atoms with van der Waals surface area (Å²) < 4.78 is 1.18. The van der Waals surface area contributed by atoms with E-state index in [0.29, 0.717) is 0 Å². The van der Waals surface area contributed by atoms with E-state index >= 15 is 0 Å². The average Bonchev–Trinajstić information content (AvgIpc) is 2.56. The Kier molecular flexibility index (Phi) is 4.82. The summed E-state index contributed by atoms with van der Waals surface area (Å²) in [6, 6.07) is 11.8. The predicted octanol–water partition coefficient (Wildman–Crippen LogP) is 1.23. The van der Waals surface area contributed by atoms with Crippen molar-refractivity contribution >= 4 is 11.9 Å². The van der Waals surface area contributed by atoms with Gasteiger partial charge in [0.25, 0.3) is 11.5 Å².